The molecule has 2 rings (SSSR count). The number of hydrogen-bond acceptors (Lipinski definition) is 4. The highest BCUT2D eigenvalue weighted by Gasteiger charge is 2.39. The number of nitrogens with zero attached hydrogens (tertiary/aromatic N) is 2. The predicted octanol–water partition coefficient (Wildman–Crippen LogP) is 1.20. The summed E-state index contributed by atoms with van der Waals surface area (Å²) in [6.45, 7) is 2.11. The first-order chi connectivity index (χ1) is 6.72. The van der Waals surface area contributed by atoms with Gasteiger partial charge in [-0.25, -0.2) is 0 Å². The van der Waals surface area contributed by atoms with Gasteiger partial charge >= 0.3 is 0 Å². The molecule has 2 heterocycles. The van der Waals surface area contributed by atoms with Crippen LogP contribution in [0.2, 0.25) is 0 Å². The maximum absolute atomic E-state index is 11.2. The standard InChI is InChI=1S/C9H12N2O2S/c1-6-7(4-10-13-2)5-11-8(12)3-9(11)14-6/h4-6,9H,3H2,1-2H3/t6-,9+/m1/s1. The van der Waals surface area contributed by atoms with Crippen LogP contribution in [0.4, 0.5) is 0 Å². The minimum Gasteiger partial charge on any atom is -0.399 e. The lowest BCUT2D eigenvalue weighted by atomic mass is 10.1. The van der Waals surface area contributed by atoms with Crippen molar-refractivity contribution in [2.24, 2.45) is 5.16 Å². The predicted molar refractivity (Wildman–Crippen MR) is 55.9 cm³/mol. The van der Waals surface area contributed by atoms with Crippen molar-refractivity contribution in [3.05, 3.63) is 11.8 Å². The summed E-state index contributed by atoms with van der Waals surface area (Å²) >= 11 is 1.79. The molecule has 1 saturated heterocycles. The lowest BCUT2D eigenvalue weighted by Crippen LogP contribution is -2.50. The van der Waals surface area contributed by atoms with E-state index in [1.54, 1.807) is 22.9 Å². The highest BCUT2D eigenvalue weighted by Crippen LogP contribution is 2.39. The van der Waals surface area contributed by atoms with Gasteiger partial charge in [0, 0.05) is 17.0 Å². The first kappa shape index (κ1) is 9.58. The molecule has 76 valence electrons. The Labute approximate surface area is 87.0 Å². The Kier molecular flexibility index (Phi) is 2.50. The number of thioether (sulfide) groups is 1. The second kappa shape index (κ2) is 3.65. The first-order valence-corrected chi connectivity index (χ1v) is 5.41. The molecule has 0 N–H and O–H groups in total. The van der Waals surface area contributed by atoms with Crippen LogP contribution in [-0.2, 0) is 9.63 Å². The second-order valence-electron chi connectivity index (χ2n) is 3.28. The maximum atomic E-state index is 11.2. The van der Waals surface area contributed by atoms with Crippen LogP contribution in [-0.4, -0.2) is 34.8 Å². The van der Waals surface area contributed by atoms with Gasteiger partial charge in [-0.1, -0.05) is 5.16 Å². The fourth-order valence-electron chi connectivity index (χ4n) is 1.50. The molecule has 0 aromatic heterocycles. The van der Waals surface area contributed by atoms with E-state index in [2.05, 4.69) is 16.9 Å². The van der Waals surface area contributed by atoms with E-state index in [1.807, 2.05) is 6.20 Å². The van der Waals surface area contributed by atoms with Crippen LogP contribution in [0.5, 0.6) is 0 Å². The number of carbonyl (C=O) groups excluding carboxylic acids is 1. The van der Waals surface area contributed by atoms with Crippen LogP contribution >= 0.6 is 11.8 Å². The molecule has 0 radical (unpaired) electrons. The van der Waals surface area contributed by atoms with E-state index in [0.717, 1.165) is 5.57 Å². The fourth-order valence-corrected chi connectivity index (χ4v) is 2.80. The molecule has 0 aromatic rings. The Morgan fingerprint density at radius 2 is 2.57 bits per heavy atom. The van der Waals surface area contributed by atoms with Crippen molar-refractivity contribution in [1.82, 2.24) is 4.90 Å². The Morgan fingerprint density at radius 1 is 1.79 bits per heavy atom. The van der Waals surface area contributed by atoms with Gasteiger partial charge < -0.3 is 9.74 Å². The number of fused-ring (bicyclic) bond motifs is 1. The van der Waals surface area contributed by atoms with Crippen LogP contribution in [0.25, 0.3) is 0 Å². The van der Waals surface area contributed by atoms with Crippen molar-refractivity contribution in [2.75, 3.05) is 7.11 Å². The summed E-state index contributed by atoms with van der Waals surface area (Å²) in [5, 5.41) is 4.43. The Hall–Kier alpha value is -0.970. The van der Waals surface area contributed by atoms with Crippen molar-refractivity contribution >= 4 is 23.9 Å². The monoisotopic (exact) mass is 212 g/mol. The van der Waals surface area contributed by atoms with Crippen molar-refractivity contribution in [3.63, 3.8) is 0 Å². The molecule has 2 atom stereocenters. The lowest BCUT2D eigenvalue weighted by Gasteiger charge is -2.42. The summed E-state index contributed by atoms with van der Waals surface area (Å²) in [6.07, 6.45) is 4.21. The van der Waals surface area contributed by atoms with E-state index in [9.17, 15) is 4.79 Å². The van der Waals surface area contributed by atoms with Gasteiger partial charge in [0.15, 0.2) is 0 Å². The number of oxime groups is 1. The molecule has 0 spiro atoms. The van der Waals surface area contributed by atoms with Gasteiger partial charge in [-0.05, 0) is 6.92 Å². The summed E-state index contributed by atoms with van der Waals surface area (Å²) in [7, 11) is 1.51. The average Bonchev–Trinajstić information content (AvgIpc) is 2.16. The maximum Gasteiger partial charge on any atom is 0.230 e. The Morgan fingerprint density at radius 3 is 3.21 bits per heavy atom. The summed E-state index contributed by atoms with van der Waals surface area (Å²) in [6, 6.07) is 0. The fraction of sp³-hybridized carbons (Fsp3) is 0.556. The van der Waals surface area contributed by atoms with Gasteiger partial charge in [-0.15, -0.1) is 11.8 Å². The molecule has 14 heavy (non-hydrogen) atoms. The quantitative estimate of drug-likeness (QED) is 0.392. The molecule has 0 bridgehead atoms. The third-order valence-electron chi connectivity index (χ3n) is 2.37. The molecule has 5 heteroatoms. The van der Waals surface area contributed by atoms with Crippen LogP contribution in [0.1, 0.15) is 13.3 Å². The van der Waals surface area contributed by atoms with Gasteiger partial charge in [0.2, 0.25) is 5.91 Å². The van der Waals surface area contributed by atoms with Gasteiger partial charge in [0.1, 0.15) is 7.11 Å². The van der Waals surface area contributed by atoms with E-state index in [0.29, 0.717) is 17.0 Å². The number of β-lactam (4-membered cyclic amide) rings is 1. The zero-order valence-electron chi connectivity index (χ0n) is 8.14. The van der Waals surface area contributed by atoms with E-state index in [4.69, 9.17) is 0 Å². The SMILES string of the molecule is CON=CC1=CN2C(=O)C[C@@H]2S[C@@H]1C. The Balaban J connectivity index is 2.14. The minimum atomic E-state index is 0.192. The van der Waals surface area contributed by atoms with Crippen molar-refractivity contribution in [3.8, 4) is 0 Å². The highest BCUT2D eigenvalue weighted by molar-refractivity contribution is 8.00. The van der Waals surface area contributed by atoms with Crippen LogP contribution in [0.3, 0.4) is 0 Å². The zero-order chi connectivity index (χ0) is 10.1. The number of rotatable bonds is 2. The van der Waals surface area contributed by atoms with E-state index in [1.165, 1.54) is 7.11 Å². The smallest absolute Gasteiger partial charge is 0.230 e. The second-order valence-corrected chi connectivity index (χ2v) is 4.81. The van der Waals surface area contributed by atoms with E-state index < -0.39 is 0 Å². The molecule has 0 aromatic carbocycles. The third-order valence-corrected chi connectivity index (χ3v) is 3.76. The number of carbonyl (C=O) groups is 1. The van der Waals surface area contributed by atoms with Crippen molar-refractivity contribution < 1.29 is 9.63 Å². The molecule has 2 aliphatic heterocycles. The van der Waals surface area contributed by atoms with Gasteiger partial charge in [-0.3, -0.25) is 4.79 Å². The summed E-state index contributed by atoms with van der Waals surface area (Å²) in [5.41, 5.74) is 1.03. The van der Waals surface area contributed by atoms with Crippen LogP contribution in [0.15, 0.2) is 16.9 Å². The van der Waals surface area contributed by atoms with Gasteiger partial charge in [0.25, 0.3) is 0 Å². The summed E-state index contributed by atoms with van der Waals surface area (Å²) in [5.74, 6) is 0.192. The van der Waals surface area contributed by atoms with Crippen molar-refractivity contribution in [2.45, 2.75) is 24.0 Å². The highest BCUT2D eigenvalue weighted by atomic mass is 32.2. The van der Waals surface area contributed by atoms with Crippen molar-refractivity contribution in [1.29, 1.82) is 0 Å². The first-order valence-electron chi connectivity index (χ1n) is 4.47. The average molecular weight is 212 g/mol. The zero-order valence-corrected chi connectivity index (χ0v) is 8.95. The van der Waals surface area contributed by atoms with Gasteiger partial charge in [-0.2, -0.15) is 0 Å². The van der Waals surface area contributed by atoms with E-state index in [-0.39, 0.29) is 5.91 Å². The van der Waals surface area contributed by atoms with E-state index >= 15 is 0 Å². The van der Waals surface area contributed by atoms with Gasteiger partial charge in [0.05, 0.1) is 18.0 Å². The summed E-state index contributed by atoms with van der Waals surface area (Å²) < 4.78 is 0. The molecular weight excluding hydrogens is 200 g/mol. The minimum absolute atomic E-state index is 0.192. The molecule has 2 aliphatic rings. The summed E-state index contributed by atoms with van der Waals surface area (Å²) in [4.78, 5) is 17.6. The topological polar surface area (TPSA) is 41.9 Å². The van der Waals surface area contributed by atoms with Crippen LogP contribution in [0, 0.1) is 0 Å². The third kappa shape index (κ3) is 1.52. The van der Waals surface area contributed by atoms with Crippen LogP contribution < -0.4 is 0 Å². The molecular formula is C9H12N2O2S. The largest absolute Gasteiger partial charge is 0.399 e. The molecule has 0 saturated carbocycles. The molecule has 1 amide bonds. The Bertz CT molecular complexity index is 314. The number of amides is 1. The number of hydrogen-bond donors (Lipinski definition) is 0. The molecule has 0 unspecified atom stereocenters. The normalized spacial score (nSPS) is 31.1. The lowest BCUT2D eigenvalue weighted by molar-refractivity contribution is -0.137. The molecule has 1 fully saturated rings. The molecule has 4 nitrogen and oxygen atoms in total. The molecule has 0 aliphatic carbocycles.